The molecular weight excluding hydrogens is 162 g/mol. The molecule has 1 aromatic heterocycles. The van der Waals surface area contributed by atoms with Crippen LogP contribution in [0.5, 0.6) is 0 Å². The van der Waals surface area contributed by atoms with Crippen molar-refractivity contribution in [1.29, 1.82) is 0 Å². The van der Waals surface area contributed by atoms with Crippen LogP contribution in [0.15, 0.2) is 12.3 Å². The fourth-order valence-corrected chi connectivity index (χ4v) is 1.58. The molecule has 0 amide bonds. The van der Waals surface area contributed by atoms with Gasteiger partial charge in [0.25, 0.3) is 0 Å². The monoisotopic (exact) mass is 181 g/mol. The van der Waals surface area contributed by atoms with Gasteiger partial charge >= 0.3 is 0 Å². The Bertz CT molecular complexity index is 242. The molecule has 2 N–H and O–H groups in total. The molecule has 3 nitrogen and oxygen atoms in total. The maximum absolute atomic E-state index is 5.58. The molecule has 0 spiro atoms. The number of nitrogens with two attached hydrogens (primary N) is 1. The highest BCUT2D eigenvalue weighted by Crippen LogP contribution is 2.09. The third kappa shape index (κ3) is 2.84. The lowest BCUT2D eigenvalue weighted by Gasteiger charge is -2.12. The van der Waals surface area contributed by atoms with Gasteiger partial charge in [0.05, 0.1) is 5.69 Å². The molecule has 0 aliphatic carbocycles. The van der Waals surface area contributed by atoms with Gasteiger partial charge in [-0.05, 0) is 18.4 Å². The Hall–Kier alpha value is -0.830. The second kappa shape index (κ2) is 5.02. The van der Waals surface area contributed by atoms with Gasteiger partial charge in [0.15, 0.2) is 0 Å². The molecule has 1 rings (SSSR count). The van der Waals surface area contributed by atoms with E-state index in [9.17, 15) is 0 Å². The topological polar surface area (TPSA) is 43.8 Å². The van der Waals surface area contributed by atoms with E-state index in [1.54, 1.807) is 0 Å². The molecule has 1 unspecified atom stereocenters. The number of hydrogen-bond acceptors (Lipinski definition) is 2. The molecule has 3 heteroatoms. The SMILES string of the molecule is CCCC(C)Cn1nccc1CN. The lowest BCUT2D eigenvalue weighted by Crippen LogP contribution is -2.13. The van der Waals surface area contributed by atoms with Crippen LogP contribution in [-0.4, -0.2) is 9.78 Å². The summed E-state index contributed by atoms with van der Waals surface area (Å²) in [6.45, 7) is 6.04. The molecule has 74 valence electrons. The summed E-state index contributed by atoms with van der Waals surface area (Å²) in [5.41, 5.74) is 6.71. The minimum absolute atomic E-state index is 0.582. The van der Waals surface area contributed by atoms with Crippen molar-refractivity contribution in [2.75, 3.05) is 0 Å². The van der Waals surface area contributed by atoms with Gasteiger partial charge < -0.3 is 5.73 Å². The predicted octanol–water partition coefficient (Wildman–Crippen LogP) is 1.78. The van der Waals surface area contributed by atoms with E-state index in [1.165, 1.54) is 12.8 Å². The standard InChI is InChI=1S/C10H19N3/c1-3-4-9(2)8-13-10(7-11)5-6-12-13/h5-6,9H,3-4,7-8,11H2,1-2H3. The summed E-state index contributed by atoms with van der Waals surface area (Å²) in [6, 6.07) is 1.98. The van der Waals surface area contributed by atoms with E-state index in [0.29, 0.717) is 12.5 Å². The molecule has 13 heavy (non-hydrogen) atoms. The molecule has 0 saturated carbocycles. The lowest BCUT2D eigenvalue weighted by atomic mass is 10.1. The number of rotatable bonds is 5. The van der Waals surface area contributed by atoms with E-state index < -0.39 is 0 Å². The van der Waals surface area contributed by atoms with Gasteiger partial charge in [0.2, 0.25) is 0 Å². The zero-order valence-corrected chi connectivity index (χ0v) is 8.53. The molecule has 0 radical (unpaired) electrons. The summed E-state index contributed by atoms with van der Waals surface area (Å²) in [6.07, 6.45) is 4.31. The highest BCUT2D eigenvalue weighted by atomic mass is 15.3. The highest BCUT2D eigenvalue weighted by Gasteiger charge is 2.05. The van der Waals surface area contributed by atoms with Crippen molar-refractivity contribution < 1.29 is 0 Å². The molecule has 1 atom stereocenters. The first-order chi connectivity index (χ1) is 6.27. The van der Waals surface area contributed by atoms with Crippen LogP contribution in [0.3, 0.4) is 0 Å². The molecule has 0 aliphatic rings. The Morgan fingerprint density at radius 1 is 1.62 bits per heavy atom. The van der Waals surface area contributed by atoms with Crippen LogP contribution >= 0.6 is 0 Å². The van der Waals surface area contributed by atoms with E-state index in [1.807, 2.05) is 16.9 Å². The first-order valence-electron chi connectivity index (χ1n) is 4.98. The van der Waals surface area contributed by atoms with Crippen LogP contribution in [0, 0.1) is 5.92 Å². The molecule has 1 aromatic rings. The molecule has 0 aliphatic heterocycles. The quantitative estimate of drug-likeness (QED) is 0.752. The predicted molar refractivity (Wildman–Crippen MR) is 54.2 cm³/mol. The summed E-state index contributed by atoms with van der Waals surface area (Å²) in [5, 5.41) is 4.25. The number of hydrogen-bond donors (Lipinski definition) is 1. The van der Waals surface area contributed by atoms with Crippen LogP contribution < -0.4 is 5.73 Å². The number of nitrogens with zero attached hydrogens (tertiary/aromatic N) is 2. The van der Waals surface area contributed by atoms with Crippen LogP contribution in [0.1, 0.15) is 32.4 Å². The van der Waals surface area contributed by atoms with E-state index >= 15 is 0 Å². The van der Waals surface area contributed by atoms with Crippen molar-refractivity contribution >= 4 is 0 Å². The van der Waals surface area contributed by atoms with Crippen LogP contribution in [0.4, 0.5) is 0 Å². The van der Waals surface area contributed by atoms with Gasteiger partial charge in [-0.3, -0.25) is 4.68 Å². The Labute approximate surface area is 79.9 Å². The second-order valence-electron chi connectivity index (χ2n) is 3.60. The van der Waals surface area contributed by atoms with Crippen molar-refractivity contribution in [3.05, 3.63) is 18.0 Å². The van der Waals surface area contributed by atoms with Gasteiger partial charge in [-0.25, -0.2) is 0 Å². The molecular formula is C10H19N3. The van der Waals surface area contributed by atoms with Crippen molar-refractivity contribution in [2.45, 2.75) is 39.8 Å². The first-order valence-corrected chi connectivity index (χ1v) is 4.98. The summed E-state index contributed by atoms with van der Waals surface area (Å²) < 4.78 is 2.01. The van der Waals surface area contributed by atoms with Crippen molar-refractivity contribution in [3.63, 3.8) is 0 Å². The Morgan fingerprint density at radius 3 is 3.00 bits per heavy atom. The van der Waals surface area contributed by atoms with Gasteiger partial charge in [-0.15, -0.1) is 0 Å². The van der Waals surface area contributed by atoms with Gasteiger partial charge in [0, 0.05) is 19.3 Å². The maximum atomic E-state index is 5.58. The zero-order valence-electron chi connectivity index (χ0n) is 8.53. The molecule has 0 saturated heterocycles. The largest absolute Gasteiger partial charge is 0.325 e. The minimum Gasteiger partial charge on any atom is -0.325 e. The fraction of sp³-hybridized carbons (Fsp3) is 0.700. The lowest BCUT2D eigenvalue weighted by molar-refractivity contribution is 0.412. The average Bonchev–Trinajstić information content (AvgIpc) is 2.52. The average molecular weight is 181 g/mol. The Balaban J connectivity index is 2.52. The number of aromatic nitrogens is 2. The Kier molecular flexibility index (Phi) is 3.96. The van der Waals surface area contributed by atoms with Crippen LogP contribution in [-0.2, 0) is 13.1 Å². The van der Waals surface area contributed by atoms with E-state index in [2.05, 4.69) is 18.9 Å². The van der Waals surface area contributed by atoms with Crippen molar-refractivity contribution in [1.82, 2.24) is 9.78 Å². The molecule has 0 fully saturated rings. The third-order valence-corrected chi connectivity index (χ3v) is 2.28. The van der Waals surface area contributed by atoms with Gasteiger partial charge in [-0.1, -0.05) is 20.3 Å². The van der Waals surface area contributed by atoms with Gasteiger partial charge in [0.1, 0.15) is 0 Å². The summed E-state index contributed by atoms with van der Waals surface area (Å²) >= 11 is 0. The summed E-state index contributed by atoms with van der Waals surface area (Å²) in [7, 11) is 0. The van der Waals surface area contributed by atoms with Crippen molar-refractivity contribution in [3.8, 4) is 0 Å². The normalized spacial score (nSPS) is 13.2. The molecule has 1 heterocycles. The molecule has 0 bridgehead atoms. The first kappa shape index (κ1) is 10.3. The fourth-order valence-electron chi connectivity index (χ4n) is 1.58. The summed E-state index contributed by atoms with van der Waals surface area (Å²) in [5.74, 6) is 0.690. The summed E-state index contributed by atoms with van der Waals surface area (Å²) in [4.78, 5) is 0. The maximum Gasteiger partial charge on any atom is 0.0519 e. The van der Waals surface area contributed by atoms with Crippen LogP contribution in [0.25, 0.3) is 0 Å². The third-order valence-electron chi connectivity index (χ3n) is 2.28. The van der Waals surface area contributed by atoms with E-state index in [0.717, 1.165) is 12.2 Å². The second-order valence-corrected chi connectivity index (χ2v) is 3.60. The zero-order chi connectivity index (χ0) is 9.68. The van der Waals surface area contributed by atoms with Gasteiger partial charge in [-0.2, -0.15) is 5.10 Å². The Morgan fingerprint density at radius 2 is 2.38 bits per heavy atom. The minimum atomic E-state index is 0.582. The highest BCUT2D eigenvalue weighted by molar-refractivity contribution is 4.99. The van der Waals surface area contributed by atoms with Crippen molar-refractivity contribution in [2.24, 2.45) is 11.7 Å². The van der Waals surface area contributed by atoms with E-state index in [4.69, 9.17) is 5.73 Å². The van der Waals surface area contributed by atoms with E-state index in [-0.39, 0.29) is 0 Å². The molecule has 0 aromatic carbocycles. The van der Waals surface area contributed by atoms with Crippen LogP contribution in [0.2, 0.25) is 0 Å². The smallest absolute Gasteiger partial charge is 0.0519 e.